The largest absolute Gasteiger partial charge is 0.369 e. The number of rotatable bonds is 7. The van der Waals surface area contributed by atoms with Crippen molar-refractivity contribution in [2.45, 2.75) is 53.6 Å². The third-order valence-corrected chi connectivity index (χ3v) is 3.04. The van der Waals surface area contributed by atoms with Gasteiger partial charge in [-0.3, -0.25) is 4.79 Å². The Morgan fingerprint density at radius 1 is 1.18 bits per heavy atom. The maximum Gasteiger partial charge on any atom is 0.254 e. The van der Waals surface area contributed by atoms with E-state index in [1.54, 1.807) is 7.11 Å². The molecule has 0 saturated carbocycles. The molecule has 0 spiro atoms. The minimum atomic E-state index is -0.677. The van der Waals surface area contributed by atoms with Crippen LogP contribution in [0.25, 0.3) is 0 Å². The Morgan fingerprint density at radius 2 is 1.59 bits per heavy atom. The average molecular weight is 243 g/mol. The fraction of sp³-hybridized carbons (Fsp3) is 0.929. The maximum absolute atomic E-state index is 12.5. The Bertz CT molecular complexity index is 222. The van der Waals surface area contributed by atoms with E-state index in [1.165, 1.54) is 0 Å². The van der Waals surface area contributed by atoms with Crippen LogP contribution in [0.2, 0.25) is 0 Å². The first-order valence-electron chi connectivity index (χ1n) is 6.61. The van der Waals surface area contributed by atoms with Gasteiger partial charge in [-0.1, -0.05) is 34.6 Å². The lowest BCUT2D eigenvalue weighted by molar-refractivity contribution is -0.154. The summed E-state index contributed by atoms with van der Waals surface area (Å²) in [6, 6.07) is 0. The topological polar surface area (TPSA) is 29.5 Å². The lowest BCUT2D eigenvalue weighted by Gasteiger charge is -2.34. The van der Waals surface area contributed by atoms with E-state index < -0.39 is 5.60 Å². The zero-order chi connectivity index (χ0) is 13.6. The van der Waals surface area contributed by atoms with Gasteiger partial charge in [0.1, 0.15) is 5.60 Å². The number of carbonyl (C=O) groups is 1. The fourth-order valence-electron chi connectivity index (χ4n) is 1.84. The second-order valence-corrected chi connectivity index (χ2v) is 5.79. The summed E-state index contributed by atoms with van der Waals surface area (Å²) < 4.78 is 5.40. The van der Waals surface area contributed by atoms with Crippen LogP contribution in [0.5, 0.6) is 0 Å². The van der Waals surface area contributed by atoms with Gasteiger partial charge in [0.2, 0.25) is 0 Å². The molecule has 0 aromatic rings. The van der Waals surface area contributed by atoms with Crippen molar-refractivity contribution in [2.24, 2.45) is 11.8 Å². The molecule has 0 rings (SSSR count). The van der Waals surface area contributed by atoms with Gasteiger partial charge < -0.3 is 9.64 Å². The highest BCUT2D eigenvalue weighted by atomic mass is 16.5. The van der Waals surface area contributed by atoms with E-state index >= 15 is 0 Å². The molecule has 0 aromatic carbocycles. The van der Waals surface area contributed by atoms with Crippen molar-refractivity contribution in [1.82, 2.24) is 4.90 Å². The molecule has 0 aliphatic heterocycles. The van der Waals surface area contributed by atoms with Gasteiger partial charge >= 0.3 is 0 Å². The number of hydrogen-bond acceptors (Lipinski definition) is 2. The zero-order valence-electron chi connectivity index (χ0n) is 12.5. The predicted octanol–water partition coefficient (Wildman–Crippen LogP) is 2.94. The molecule has 3 heteroatoms. The van der Waals surface area contributed by atoms with Crippen LogP contribution >= 0.6 is 0 Å². The van der Waals surface area contributed by atoms with E-state index in [4.69, 9.17) is 4.74 Å². The summed E-state index contributed by atoms with van der Waals surface area (Å²) in [5.41, 5.74) is -0.677. The Labute approximate surface area is 107 Å². The minimum Gasteiger partial charge on any atom is -0.369 e. The smallest absolute Gasteiger partial charge is 0.254 e. The van der Waals surface area contributed by atoms with Crippen molar-refractivity contribution in [3.63, 3.8) is 0 Å². The van der Waals surface area contributed by atoms with E-state index in [1.807, 2.05) is 18.7 Å². The summed E-state index contributed by atoms with van der Waals surface area (Å²) in [4.78, 5) is 14.4. The van der Waals surface area contributed by atoms with E-state index in [0.29, 0.717) is 18.3 Å². The summed E-state index contributed by atoms with van der Waals surface area (Å²) in [6.45, 7) is 14.0. The van der Waals surface area contributed by atoms with Crippen LogP contribution in [-0.2, 0) is 9.53 Å². The summed E-state index contributed by atoms with van der Waals surface area (Å²) in [5.74, 6) is 1.08. The average Bonchev–Trinajstić information content (AvgIpc) is 2.24. The van der Waals surface area contributed by atoms with Gasteiger partial charge in [-0.05, 0) is 25.2 Å². The van der Waals surface area contributed by atoms with Crippen molar-refractivity contribution in [3.05, 3.63) is 0 Å². The molecule has 0 aliphatic rings. The minimum absolute atomic E-state index is 0.116. The van der Waals surface area contributed by atoms with Crippen molar-refractivity contribution >= 4 is 5.91 Å². The lowest BCUT2D eigenvalue weighted by atomic mass is 9.99. The van der Waals surface area contributed by atoms with E-state index in [2.05, 4.69) is 27.7 Å². The van der Waals surface area contributed by atoms with Crippen LogP contribution in [0.15, 0.2) is 0 Å². The molecule has 0 radical (unpaired) electrons. The van der Waals surface area contributed by atoms with Gasteiger partial charge in [0.25, 0.3) is 5.91 Å². The molecule has 1 atom stereocenters. The summed E-state index contributed by atoms with van der Waals surface area (Å²) >= 11 is 0. The third-order valence-electron chi connectivity index (χ3n) is 3.04. The van der Waals surface area contributed by atoms with Gasteiger partial charge in [-0.25, -0.2) is 0 Å². The van der Waals surface area contributed by atoms with Crippen LogP contribution in [0.1, 0.15) is 48.0 Å². The van der Waals surface area contributed by atoms with Gasteiger partial charge in [-0.15, -0.1) is 0 Å². The Kier molecular flexibility index (Phi) is 6.76. The molecule has 0 bridgehead atoms. The molecule has 0 N–H and O–H groups in total. The number of carbonyl (C=O) groups excluding carboxylic acids is 1. The number of ether oxygens (including phenoxy) is 1. The molecule has 0 aromatic heterocycles. The highest BCUT2D eigenvalue weighted by molar-refractivity contribution is 5.84. The van der Waals surface area contributed by atoms with Crippen molar-refractivity contribution in [1.29, 1.82) is 0 Å². The van der Waals surface area contributed by atoms with Gasteiger partial charge in [0, 0.05) is 20.2 Å². The Morgan fingerprint density at radius 3 is 1.82 bits per heavy atom. The molecule has 17 heavy (non-hydrogen) atoms. The summed E-state index contributed by atoms with van der Waals surface area (Å²) in [7, 11) is 1.62. The van der Waals surface area contributed by atoms with Gasteiger partial charge in [-0.2, -0.15) is 0 Å². The second-order valence-electron chi connectivity index (χ2n) is 5.79. The summed E-state index contributed by atoms with van der Waals surface area (Å²) in [5, 5.41) is 0. The van der Waals surface area contributed by atoms with Crippen molar-refractivity contribution < 1.29 is 9.53 Å². The molecular weight excluding hydrogens is 214 g/mol. The zero-order valence-corrected chi connectivity index (χ0v) is 12.5. The van der Waals surface area contributed by atoms with Gasteiger partial charge in [0.05, 0.1) is 0 Å². The number of methoxy groups -OCH3 is 1. The lowest BCUT2D eigenvalue weighted by Crippen LogP contribution is -2.50. The molecule has 1 unspecified atom stereocenters. The van der Waals surface area contributed by atoms with Crippen LogP contribution in [0, 0.1) is 11.8 Å². The molecule has 3 nitrogen and oxygen atoms in total. The Hall–Kier alpha value is -0.570. The first-order chi connectivity index (χ1) is 7.76. The molecular formula is C14H29NO2. The quantitative estimate of drug-likeness (QED) is 0.688. The standard InChI is InChI=1S/C14H29NO2/c1-8-14(6,17-7)13(16)15(9-11(2)3)10-12(4)5/h11-12H,8-10H2,1-7H3. The van der Waals surface area contributed by atoms with E-state index in [0.717, 1.165) is 13.1 Å². The summed E-state index contributed by atoms with van der Waals surface area (Å²) in [6.07, 6.45) is 0.703. The molecule has 0 aliphatic carbocycles. The molecule has 1 amide bonds. The molecule has 0 fully saturated rings. The SMILES string of the molecule is CCC(C)(OC)C(=O)N(CC(C)C)CC(C)C. The number of amides is 1. The maximum atomic E-state index is 12.5. The first-order valence-corrected chi connectivity index (χ1v) is 6.61. The van der Waals surface area contributed by atoms with E-state index in [-0.39, 0.29) is 5.91 Å². The molecule has 0 heterocycles. The number of nitrogens with zero attached hydrogens (tertiary/aromatic N) is 1. The van der Waals surface area contributed by atoms with Crippen LogP contribution in [0.3, 0.4) is 0 Å². The Balaban J connectivity index is 4.84. The normalized spacial score (nSPS) is 15.1. The molecule has 0 saturated heterocycles. The monoisotopic (exact) mass is 243 g/mol. The third kappa shape index (κ3) is 5.07. The van der Waals surface area contributed by atoms with Crippen LogP contribution < -0.4 is 0 Å². The predicted molar refractivity (Wildman–Crippen MR) is 72.0 cm³/mol. The highest BCUT2D eigenvalue weighted by Gasteiger charge is 2.35. The van der Waals surface area contributed by atoms with E-state index in [9.17, 15) is 4.79 Å². The van der Waals surface area contributed by atoms with Crippen molar-refractivity contribution in [2.75, 3.05) is 20.2 Å². The first kappa shape index (κ1) is 16.4. The van der Waals surface area contributed by atoms with Crippen LogP contribution in [-0.4, -0.2) is 36.6 Å². The van der Waals surface area contributed by atoms with Crippen LogP contribution in [0.4, 0.5) is 0 Å². The van der Waals surface area contributed by atoms with Gasteiger partial charge in [0.15, 0.2) is 0 Å². The number of hydrogen-bond donors (Lipinski definition) is 0. The second kappa shape index (κ2) is 7.00. The van der Waals surface area contributed by atoms with Crippen molar-refractivity contribution in [3.8, 4) is 0 Å². The molecule has 102 valence electrons. The highest BCUT2D eigenvalue weighted by Crippen LogP contribution is 2.19. The fourth-order valence-corrected chi connectivity index (χ4v) is 1.84.